The minimum absolute atomic E-state index is 0.297. The standard InChI is InChI=1S/C13H19NO2/c1-10(2)8-12(14)13(15)16-9-11-6-4-3-5-7-11/h3-7,10,12H,8-9,14H2,1-2H3. The molecule has 1 rings (SSSR count). The summed E-state index contributed by atoms with van der Waals surface area (Å²) >= 11 is 0. The summed E-state index contributed by atoms with van der Waals surface area (Å²) in [6.07, 6.45) is 0.660. The molecule has 1 aromatic carbocycles. The van der Waals surface area contributed by atoms with Gasteiger partial charge in [-0.05, 0) is 17.9 Å². The lowest BCUT2D eigenvalue weighted by molar-refractivity contribution is -0.146. The van der Waals surface area contributed by atoms with E-state index in [-0.39, 0.29) is 5.97 Å². The normalized spacial score (nSPS) is 12.5. The van der Waals surface area contributed by atoms with Gasteiger partial charge >= 0.3 is 5.97 Å². The van der Waals surface area contributed by atoms with Crippen LogP contribution in [-0.2, 0) is 16.1 Å². The number of rotatable bonds is 5. The van der Waals surface area contributed by atoms with Crippen molar-refractivity contribution < 1.29 is 9.53 Å². The number of nitrogens with two attached hydrogens (primary N) is 1. The van der Waals surface area contributed by atoms with Gasteiger partial charge in [-0.25, -0.2) is 0 Å². The summed E-state index contributed by atoms with van der Waals surface area (Å²) in [6.45, 7) is 4.36. The Morgan fingerprint density at radius 3 is 2.50 bits per heavy atom. The van der Waals surface area contributed by atoms with Gasteiger partial charge in [0, 0.05) is 0 Å². The molecule has 0 aliphatic heterocycles. The van der Waals surface area contributed by atoms with Crippen molar-refractivity contribution in [2.45, 2.75) is 32.9 Å². The second-order valence-corrected chi connectivity index (χ2v) is 4.33. The van der Waals surface area contributed by atoms with E-state index in [1.54, 1.807) is 0 Å². The largest absolute Gasteiger partial charge is 0.460 e. The number of benzene rings is 1. The Hall–Kier alpha value is -1.35. The summed E-state index contributed by atoms with van der Waals surface area (Å²) in [5, 5.41) is 0. The number of ether oxygens (including phenoxy) is 1. The van der Waals surface area contributed by atoms with Crippen molar-refractivity contribution in [1.29, 1.82) is 0 Å². The van der Waals surface area contributed by atoms with Crippen LogP contribution in [0.2, 0.25) is 0 Å². The average molecular weight is 221 g/mol. The Morgan fingerprint density at radius 1 is 1.31 bits per heavy atom. The van der Waals surface area contributed by atoms with Gasteiger partial charge in [-0.2, -0.15) is 0 Å². The summed E-state index contributed by atoms with van der Waals surface area (Å²) in [5.74, 6) is 0.0804. The Kier molecular flexibility index (Phi) is 4.99. The maximum atomic E-state index is 11.5. The van der Waals surface area contributed by atoms with Crippen LogP contribution in [0.1, 0.15) is 25.8 Å². The highest BCUT2D eigenvalue weighted by atomic mass is 16.5. The topological polar surface area (TPSA) is 52.3 Å². The zero-order valence-corrected chi connectivity index (χ0v) is 9.85. The smallest absolute Gasteiger partial charge is 0.323 e. The van der Waals surface area contributed by atoms with E-state index >= 15 is 0 Å². The van der Waals surface area contributed by atoms with Crippen molar-refractivity contribution in [3.05, 3.63) is 35.9 Å². The maximum absolute atomic E-state index is 11.5. The zero-order chi connectivity index (χ0) is 12.0. The lowest BCUT2D eigenvalue weighted by Crippen LogP contribution is -2.33. The van der Waals surface area contributed by atoms with Crippen molar-refractivity contribution in [2.24, 2.45) is 11.7 Å². The van der Waals surface area contributed by atoms with Crippen molar-refractivity contribution in [3.63, 3.8) is 0 Å². The molecular weight excluding hydrogens is 202 g/mol. The molecule has 0 saturated heterocycles. The van der Waals surface area contributed by atoms with E-state index < -0.39 is 6.04 Å². The van der Waals surface area contributed by atoms with Crippen LogP contribution in [0, 0.1) is 5.92 Å². The van der Waals surface area contributed by atoms with Gasteiger partial charge in [-0.3, -0.25) is 4.79 Å². The number of esters is 1. The molecule has 0 heterocycles. The highest BCUT2D eigenvalue weighted by molar-refractivity contribution is 5.75. The Bertz CT molecular complexity index is 322. The Labute approximate surface area is 96.6 Å². The molecule has 3 heteroatoms. The molecule has 1 aromatic rings. The fourth-order valence-corrected chi connectivity index (χ4v) is 1.44. The maximum Gasteiger partial charge on any atom is 0.323 e. The van der Waals surface area contributed by atoms with Gasteiger partial charge in [0.2, 0.25) is 0 Å². The highest BCUT2D eigenvalue weighted by Crippen LogP contribution is 2.06. The third kappa shape index (κ3) is 4.45. The van der Waals surface area contributed by atoms with Gasteiger partial charge in [0.1, 0.15) is 12.6 Å². The Morgan fingerprint density at radius 2 is 1.94 bits per heavy atom. The molecule has 0 fully saturated rings. The fraction of sp³-hybridized carbons (Fsp3) is 0.462. The molecule has 16 heavy (non-hydrogen) atoms. The van der Waals surface area contributed by atoms with Crippen LogP contribution in [0.3, 0.4) is 0 Å². The molecule has 0 radical (unpaired) electrons. The van der Waals surface area contributed by atoms with Gasteiger partial charge in [-0.15, -0.1) is 0 Å². The lowest BCUT2D eigenvalue weighted by Gasteiger charge is -2.13. The first kappa shape index (κ1) is 12.7. The van der Waals surface area contributed by atoms with Crippen LogP contribution in [0.15, 0.2) is 30.3 Å². The van der Waals surface area contributed by atoms with Gasteiger partial charge in [0.25, 0.3) is 0 Å². The summed E-state index contributed by atoms with van der Waals surface area (Å²) in [5.41, 5.74) is 6.69. The second-order valence-electron chi connectivity index (χ2n) is 4.33. The fourth-order valence-electron chi connectivity index (χ4n) is 1.44. The van der Waals surface area contributed by atoms with Crippen molar-refractivity contribution in [2.75, 3.05) is 0 Å². The molecule has 1 atom stereocenters. The monoisotopic (exact) mass is 221 g/mol. The van der Waals surface area contributed by atoms with Crippen LogP contribution < -0.4 is 5.73 Å². The SMILES string of the molecule is CC(C)CC(N)C(=O)OCc1ccccc1. The lowest BCUT2D eigenvalue weighted by atomic mass is 10.1. The predicted octanol–water partition coefficient (Wildman–Crippen LogP) is 2.10. The molecule has 1 unspecified atom stereocenters. The van der Waals surface area contributed by atoms with Crippen LogP contribution >= 0.6 is 0 Å². The zero-order valence-electron chi connectivity index (χ0n) is 9.85. The third-order valence-corrected chi connectivity index (χ3v) is 2.25. The Balaban J connectivity index is 2.35. The number of carbonyl (C=O) groups is 1. The molecule has 2 N–H and O–H groups in total. The number of carbonyl (C=O) groups excluding carboxylic acids is 1. The molecule has 0 aliphatic carbocycles. The highest BCUT2D eigenvalue weighted by Gasteiger charge is 2.16. The molecular formula is C13H19NO2. The van der Waals surface area contributed by atoms with E-state index in [0.717, 1.165) is 5.56 Å². The quantitative estimate of drug-likeness (QED) is 0.775. The first-order valence-electron chi connectivity index (χ1n) is 5.55. The molecule has 88 valence electrons. The van der Waals surface area contributed by atoms with Crippen molar-refractivity contribution in [3.8, 4) is 0 Å². The predicted molar refractivity (Wildman–Crippen MR) is 63.7 cm³/mol. The molecule has 0 bridgehead atoms. The van der Waals surface area contributed by atoms with Gasteiger partial charge in [0.15, 0.2) is 0 Å². The number of hydrogen-bond acceptors (Lipinski definition) is 3. The van der Waals surface area contributed by atoms with Crippen LogP contribution in [0.5, 0.6) is 0 Å². The second kappa shape index (κ2) is 6.28. The minimum Gasteiger partial charge on any atom is -0.460 e. The summed E-state index contributed by atoms with van der Waals surface area (Å²) in [6, 6.07) is 9.08. The van der Waals surface area contributed by atoms with Crippen LogP contribution in [-0.4, -0.2) is 12.0 Å². The summed E-state index contributed by atoms with van der Waals surface area (Å²) in [4.78, 5) is 11.5. The van der Waals surface area contributed by atoms with Crippen LogP contribution in [0.25, 0.3) is 0 Å². The molecule has 0 saturated carbocycles. The summed E-state index contributed by atoms with van der Waals surface area (Å²) in [7, 11) is 0. The van der Waals surface area contributed by atoms with E-state index in [4.69, 9.17) is 10.5 Å². The van der Waals surface area contributed by atoms with E-state index in [1.807, 2.05) is 44.2 Å². The first-order chi connectivity index (χ1) is 7.59. The van der Waals surface area contributed by atoms with Crippen molar-refractivity contribution >= 4 is 5.97 Å². The van der Waals surface area contributed by atoms with Gasteiger partial charge < -0.3 is 10.5 Å². The molecule has 3 nitrogen and oxygen atoms in total. The average Bonchev–Trinajstić information content (AvgIpc) is 2.26. The first-order valence-corrected chi connectivity index (χ1v) is 5.55. The van der Waals surface area contributed by atoms with E-state index in [1.165, 1.54) is 0 Å². The molecule has 0 amide bonds. The number of hydrogen-bond donors (Lipinski definition) is 1. The summed E-state index contributed by atoms with van der Waals surface area (Å²) < 4.78 is 5.13. The molecule has 0 spiro atoms. The van der Waals surface area contributed by atoms with E-state index in [9.17, 15) is 4.79 Å². The van der Waals surface area contributed by atoms with E-state index in [0.29, 0.717) is 18.9 Å². The third-order valence-electron chi connectivity index (χ3n) is 2.25. The molecule has 0 aliphatic rings. The van der Waals surface area contributed by atoms with Crippen molar-refractivity contribution in [1.82, 2.24) is 0 Å². The van der Waals surface area contributed by atoms with Crippen LogP contribution in [0.4, 0.5) is 0 Å². The van der Waals surface area contributed by atoms with Gasteiger partial charge in [0.05, 0.1) is 0 Å². The van der Waals surface area contributed by atoms with Gasteiger partial charge in [-0.1, -0.05) is 44.2 Å². The van der Waals surface area contributed by atoms with E-state index in [2.05, 4.69) is 0 Å². The minimum atomic E-state index is -0.510. The molecule has 0 aromatic heterocycles.